The predicted octanol–water partition coefficient (Wildman–Crippen LogP) is 4.29. The van der Waals surface area contributed by atoms with Crippen LogP contribution in [0, 0.1) is 12.7 Å². The van der Waals surface area contributed by atoms with E-state index < -0.39 is 5.79 Å². The van der Waals surface area contributed by atoms with Gasteiger partial charge in [-0.05, 0) is 36.6 Å². The van der Waals surface area contributed by atoms with E-state index in [0.29, 0.717) is 32.8 Å². The summed E-state index contributed by atoms with van der Waals surface area (Å²) in [5, 5.41) is 0. The van der Waals surface area contributed by atoms with Crippen molar-refractivity contribution in [1.29, 1.82) is 0 Å². The second kappa shape index (κ2) is 9.51. The molecule has 2 heterocycles. The molecule has 158 valence electrons. The second-order valence-corrected chi connectivity index (χ2v) is 7.83. The van der Waals surface area contributed by atoms with E-state index in [2.05, 4.69) is 30.1 Å². The number of aromatic nitrogens is 2. The largest absolute Gasteiger partial charge is 0.374 e. The third-order valence-corrected chi connectivity index (χ3v) is 5.26. The fourth-order valence-electron chi connectivity index (χ4n) is 3.75. The Hall–Kier alpha value is -2.54. The average Bonchev–Trinajstić information content (AvgIpc) is 3.39. The number of aryl methyl sites for hydroxylation is 2. The minimum absolute atomic E-state index is 0.133. The Kier molecular flexibility index (Phi) is 6.57. The highest BCUT2D eigenvalue weighted by atomic mass is 19.1. The number of hydrogen-bond acceptors (Lipinski definition) is 4. The van der Waals surface area contributed by atoms with E-state index in [0.717, 1.165) is 17.5 Å². The normalized spacial score (nSPS) is 21.2. The van der Waals surface area contributed by atoms with Gasteiger partial charge in [0.1, 0.15) is 11.9 Å². The van der Waals surface area contributed by atoms with Gasteiger partial charge in [0, 0.05) is 18.8 Å². The van der Waals surface area contributed by atoms with Gasteiger partial charge in [0.15, 0.2) is 5.79 Å². The zero-order valence-electron chi connectivity index (χ0n) is 17.2. The summed E-state index contributed by atoms with van der Waals surface area (Å²) in [6.07, 6.45) is 6.65. The first-order chi connectivity index (χ1) is 14.6. The standard InChI is InChI=1S/C24H27FN2O3/c1-19-3-2-4-21(13-19)14-28-15-23-16-29-24(30-23,17-27-12-11-26-18-27)10-9-20-5-7-22(25)8-6-20/h2-8,11-13,18,23H,9-10,14-17H2,1H3. The minimum Gasteiger partial charge on any atom is -0.374 e. The van der Waals surface area contributed by atoms with Crippen LogP contribution in [0.25, 0.3) is 0 Å². The molecule has 2 aromatic carbocycles. The Morgan fingerprint density at radius 3 is 2.83 bits per heavy atom. The Labute approximate surface area is 176 Å². The van der Waals surface area contributed by atoms with Gasteiger partial charge in [-0.3, -0.25) is 0 Å². The molecule has 2 atom stereocenters. The molecule has 1 fully saturated rings. The van der Waals surface area contributed by atoms with Crippen LogP contribution in [0.1, 0.15) is 23.1 Å². The lowest BCUT2D eigenvalue weighted by molar-refractivity contribution is -0.187. The average molecular weight is 410 g/mol. The highest BCUT2D eigenvalue weighted by Crippen LogP contribution is 2.31. The summed E-state index contributed by atoms with van der Waals surface area (Å²) in [6, 6.07) is 14.9. The van der Waals surface area contributed by atoms with Crippen molar-refractivity contribution in [2.45, 2.75) is 44.8 Å². The summed E-state index contributed by atoms with van der Waals surface area (Å²) in [4.78, 5) is 4.12. The van der Waals surface area contributed by atoms with Crippen LogP contribution in [-0.4, -0.2) is 34.7 Å². The molecule has 0 amide bonds. The van der Waals surface area contributed by atoms with Gasteiger partial charge in [0.2, 0.25) is 0 Å². The fourth-order valence-corrected chi connectivity index (χ4v) is 3.75. The molecule has 1 aromatic heterocycles. The van der Waals surface area contributed by atoms with Crippen LogP contribution in [0.2, 0.25) is 0 Å². The van der Waals surface area contributed by atoms with Crippen molar-refractivity contribution < 1.29 is 18.6 Å². The van der Waals surface area contributed by atoms with Gasteiger partial charge in [-0.2, -0.15) is 0 Å². The van der Waals surface area contributed by atoms with Crippen LogP contribution >= 0.6 is 0 Å². The van der Waals surface area contributed by atoms with Crippen molar-refractivity contribution in [3.63, 3.8) is 0 Å². The minimum atomic E-state index is -0.757. The molecule has 1 aliphatic heterocycles. The number of benzene rings is 2. The molecule has 0 bridgehead atoms. The van der Waals surface area contributed by atoms with Crippen molar-refractivity contribution in [2.75, 3.05) is 13.2 Å². The van der Waals surface area contributed by atoms with E-state index in [-0.39, 0.29) is 11.9 Å². The first-order valence-corrected chi connectivity index (χ1v) is 10.3. The highest BCUT2D eigenvalue weighted by molar-refractivity contribution is 5.21. The molecule has 2 unspecified atom stereocenters. The summed E-state index contributed by atoms with van der Waals surface area (Å²) >= 11 is 0. The lowest BCUT2D eigenvalue weighted by Crippen LogP contribution is -2.37. The lowest BCUT2D eigenvalue weighted by Gasteiger charge is -2.28. The van der Waals surface area contributed by atoms with Gasteiger partial charge >= 0.3 is 0 Å². The van der Waals surface area contributed by atoms with Crippen molar-refractivity contribution in [1.82, 2.24) is 9.55 Å². The van der Waals surface area contributed by atoms with Crippen LogP contribution in [-0.2, 0) is 33.8 Å². The third kappa shape index (κ3) is 5.53. The van der Waals surface area contributed by atoms with Crippen LogP contribution in [0.4, 0.5) is 4.39 Å². The molecule has 0 saturated carbocycles. The molecule has 1 aliphatic rings. The molecule has 0 aliphatic carbocycles. The first-order valence-electron chi connectivity index (χ1n) is 10.3. The van der Waals surface area contributed by atoms with Gasteiger partial charge in [0.25, 0.3) is 0 Å². The molecule has 0 radical (unpaired) electrons. The summed E-state index contributed by atoms with van der Waals surface area (Å²) in [6.45, 7) is 4.11. The summed E-state index contributed by atoms with van der Waals surface area (Å²) in [5.41, 5.74) is 3.42. The third-order valence-electron chi connectivity index (χ3n) is 5.26. The number of nitrogens with zero attached hydrogens (tertiary/aromatic N) is 2. The van der Waals surface area contributed by atoms with E-state index in [1.165, 1.54) is 17.7 Å². The van der Waals surface area contributed by atoms with Crippen LogP contribution in [0.3, 0.4) is 0 Å². The monoisotopic (exact) mass is 410 g/mol. The smallest absolute Gasteiger partial charge is 0.187 e. The number of imidazole rings is 1. The Bertz CT molecular complexity index is 930. The van der Waals surface area contributed by atoms with E-state index in [4.69, 9.17) is 14.2 Å². The Morgan fingerprint density at radius 2 is 2.07 bits per heavy atom. The van der Waals surface area contributed by atoms with Gasteiger partial charge in [-0.15, -0.1) is 0 Å². The topological polar surface area (TPSA) is 45.5 Å². The molecule has 4 rings (SSSR count). The molecule has 5 nitrogen and oxygen atoms in total. The first kappa shape index (κ1) is 20.7. The van der Waals surface area contributed by atoms with Crippen LogP contribution in [0.15, 0.2) is 67.3 Å². The summed E-state index contributed by atoms with van der Waals surface area (Å²) in [5.74, 6) is -0.988. The second-order valence-electron chi connectivity index (χ2n) is 7.83. The zero-order valence-corrected chi connectivity index (χ0v) is 17.2. The zero-order chi connectivity index (χ0) is 20.8. The molecule has 30 heavy (non-hydrogen) atoms. The van der Waals surface area contributed by atoms with Crippen molar-refractivity contribution >= 4 is 0 Å². The maximum Gasteiger partial charge on any atom is 0.187 e. The van der Waals surface area contributed by atoms with Gasteiger partial charge < -0.3 is 18.8 Å². The molecule has 0 N–H and O–H groups in total. The quantitative estimate of drug-likeness (QED) is 0.528. The van der Waals surface area contributed by atoms with Gasteiger partial charge in [0.05, 0.1) is 32.7 Å². The molecule has 0 spiro atoms. The Balaban J connectivity index is 1.35. The molecular weight excluding hydrogens is 383 g/mol. The predicted molar refractivity (Wildman–Crippen MR) is 111 cm³/mol. The van der Waals surface area contributed by atoms with E-state index in [1.54, 1.807) is 24.7 Å². The SMILES string of the molecule is Cc1cccc(COCC2COC(CCc3ccc(F)cc3)(Cn3ccnc3)O2)c1. The van der Waals surface area contributed by atoms with Gasteiger partial charge in [-0.25, -0.2) is 9.37 Å². The van der Waals surface area contributed by atoms with Crippen LogP contribution < -0.4 is 0 Å². The van der Waals surface area contributed by atoms with Gasteiger partial charge in [-0.1, -0.05) is 42.0 Å². The van der Waals surface area contributed by atoms with Crippen LogP contribution in [0.5, 0.6) is 0 Å². The molecule has 3 aromatic rings. The van der Waals surface area contributed by atoms with Crippen molar-refractivity contribution in [3.05, 3.63) is 89.8 Å². The van der Waals surface area contributed by atoms with Crippen molar-refractivity contribution in [3.8, 4) is 0 Å². The van der Waals surface area contributed by atoms with E-state index in [1.807, 2.05) is 16.8 Å². The number of ether oxygens (including phenoxy) is 3. The highest BCUT2D eigenvalue weighted by Gasteiger charge is 2.41. The fraction of sp³-hybridized carbons (Fsp3) is 0.375. The van der Waals surface area contributed by atoms with E-state index in [9.17, 15) is 4.39 Å². The Morgan fingerprint density at radius 1 is 1.20 bits per heavy atom. The van der Waals surface area contributed by atoms with E-state index >= 15 is 0 Å². The molecule has 6 heteroatoms. The van der Waals surface area contributed by atoms with Crippen molar-refractivity contribution in [2.24, 2.45) is 0 Å². The number of halogens is 1. The maximum absolute atomic E-state index is 13.2. The molecular formula is C24H27FN2O3. The number of rotatable bonds is 9. The summed E-state index contributed by atoms with van der Waals surface area (Å²) < 4.78 is 33.6. The maximum atomic E-state index is 13.2. The summed E-state index contributed by atoms with van der Waals surface area (Å²) in [7, 11) is 0. The molecule has 1 saturated heterocycles. The number of hydrogen-bond donors (Lipinski definition) is 0. The lowest BCUT2D eigenvalue weighted by atomic mass is 10.0.